The van der Waals surface area contributed by atoms with E-state index >= 15 is 0 Å². The summed E-state index contributed by atoms with van der Waals surface area (Å²) in [4.78, 5) is 15.7. The van der Waals surface area contributed by atoms with E-state index in [0.717, 1.165) is 11.3 Å². The van der Waals surface area contributed by atoms with E-state index in [4.69, 9.17) is 0 Å². The first-order chi connectivity index (χ1) is 6.63. The predicted molar refractivity (Wildman–Crippen MR) is 56.4 cm³/mol. The van der Waals surface area contributed by atoms with Crippen LogP contribution in [-0.4, -0.2) is 31.1 Å². The van der Waals surface area contributed by atoms with Gasteiger partial charge in [0.1, 0.15) is 6.17 Å². The molecule has 0 saturated carbocycles. The molecule has 74 valence electrons. The van der Waals surface area contributed by atoms with Crippen LogP contribution in [0.3, 0.4) is 0 Å². The van der Waals surface area contributed by atoms with Crippen LogP contribution in [-0.2, 0) is 0 Å². The van der Waals surface area contributed by atoms with Crippen molar-refractivity contribution in [3.05, 3.63) is 29.8 Å². The zero-order valence-electron chi connectivity index (χ0n) is 8.69. The van der Waals surface area contributed by atoms with Gasteiger partial charge < -0.3 is 9.80 Å². The molecule has 0 aromatic heterocycles. The van der Waals surface area contributed by atoms with Crippen molar-refractivity contribution in [3.8, 4) is 0 Å². The molecule has 2 rings (SSSR count). The van der Waals surface area contributed by atoms with Crippen molar-refractivity contribution in [2.45, 2.75) is 13.1 Å². The lowest BCUT2D eigenvalue weighted by molar-refractivity contribution is 0.0726. The highest BCUT2D eigenvalue weighted by atomic mass is 16.2. The molecule has 0 fully saturated rings. The van der Waals surface area contributed by atoms with Gasteiger partial charge in [-0.3, -0.25) is 4.79 Å². The third-order valence-electron chi connectivity index (χ3n) is 2.96. The Hall–Kier alpha value is -1.51. The number of benzene rings is 1. The van der Waals surface area contributed by atoms with Crippen LogP contribution in [0.5, 0.6) is 0 Å². The molecule has 1 amide bonds. The standard InChI is InChI=1S/C11H14N2O/c1-8-12(2)10-7-5-4-6-9(10)11(14)13(8)3/h4-8H,1-3H3. The molecule has 1 heterocycles. The van der Waals surface area contributed by atoms with Crippen LogP contribution in [0.4, 0.5) is 5.69 Å². The van der Waals surface area contributed by atoms with Crippen molar-refractivity contribution in [3.63, 3.8) is 0 Å². The Kier molecular flexibility index (Phi) is 1.95. The highest BCUT2D eigenvalue weighted by Gasteiger charge is 2.29. The number of carbonyl (C=O) groups excluding carboxylic acids is 1. The number of carbonyl (C=O) groups is 1. The lowest BCUT2D eigenvalue weighted by atomic mass is 10.1. The van der Waals surface area contributed by atoms with Gasteiger partial charge in [0.2, 0.25) is 0 Å². The number of rotatable bonds is 0. The average Bonchev–Trinajstić information content (AvgIpc) is 2.23. The average molecular weight is 190 g/mol. The Morgan fingerprint density at radius 1 is 1.14 bits per heavy atom. The summed E-state index contributed by atoms with van der Waals surface area (Å²) in [6.07, 6.45) is 0.123. The summed E-state index contributed by atoms with van der Waals surface area (Å²) < 4.78 is 0. The van der Waals surface area contributed by atoms with Crippen LogP contribution >= 0.6 is 0 Å². The van der Waals surface area contributed by atoms with Crippen LogP contribution in [0.25, 0.3) is 0 Å². The maximum Gasteiger partial charge on any atom is 0.257 e. The summed E-state index contributed by atoms with van der Waals surface area (Å²) in [7, 11) is 3.84. The van der Waals surface area contributed by atoms with Crippen molar-refractivity contribution >= 4 is 11.6 Å². The Morgan fingerprint density at radius 3 is 2.50 bits per heavy atom. The minimum Gasteiger partial charge on any atom is -0.354 e. The van der Waals surface area contributed by atoms with Crippen LogP contribution in [0, 0.1) is 0 Å². The third kappa shape index (κ3) is 1.09. The first-order valence-electron chi connectivity index (χ1n) is 4.72. The monoisotopic (exact) mass is 190 g/mol. The second kappa shape index (κ2) is 3.01. The van der Waals surface area contributed by atoms with E-state index in [2.05, 4.69) is 4.90 Å². The van der Waals surface area contributed by atoms with Gasteiger partial charge in [-0.15, -0.1) is 0 Å². The summed E-state index contributed by atoms with van der Waals surface area (Å²) in [5, 5.41) is 0. The number of hydrogen-bond acceptors (Lipinski definition) is 2. The molecule has 0 spiro atoms. The molecule has 3 nitrogen and oxygen atoms in total. The van der Waals surface area contributed by atoms with Crippen LogP contribution in [0.1, 0.15) is 17.3 Å². The van der Waals surface area contributed by atoms with Gasteiger partial charge in [-0.2, -0.15) is 0 Å². The fraction of sp³-hybridized carbons (Fsp3) is 0.364. The summed E-state index contributed by atoms with van der Waals surface area (Å²) >= 11 is 0. The smallest absolute Gasteiger partial charge is 0.257 e. The zero-order valence-corrected chi connectivity index (χ0v) is 8.69. The van der Waals surface area contributed by atoms with E-state index in [9.17, 15) is 4.79 Å². The molecule has 1 aliphatic rings. The Labute approximate surface area is 83.9 Å². The van der Waals surface area contributed by atoms with Gasteiger partial charge in [0.15, 0.2) is 0 Å². The summed E-state index contributed by atoms with van der Waals surface area (Å²) in [5.74, 6) is 0.103. The first-order valence-corrected chi connectivity index (χ1v) is 4.72. The van der Waals surface area contributed by atoms with Gasteiger partial charge >= 0.3 is 0 Å². The number of para-hydroxylation sites is 1. The molecule has 14 heavy (non-hydrogen) atoms. The normalized spacial score (nSPS) is 21.1. The van der Waals surface area contributed by atoms with Gasteiger partial charge in [0, 0.05) is 14.1 Å². The topological polar surface area (TPSA) is 23.6 Å². The molecule has 0 radical (unpaired) electrons. The Bertz CT molecular complexity index is 375. The molecule has 0 aliphatic carbocycles. The third-order valence-corrected chi connectivity index (χ3v) is 2.96. The van der Waals surface area contributed by atoms with E-state index < -0.39 is 0 Å². The maximum atomic E-state index is 11.9. The molecule has 0 saturated heterocycles. The Balaban J connectivity index is 2.56. The van der Waals surface area contributed by atoms with E-state index in [1.807, 2.05) is 45.3 Å². The van der Waals surface area contributed by atoms with Gasteiger partial charge in [0.25, 0.3) is 5.91 Å². The number of anilines is 1. The van der Waals surface area contributed by atoms with Crippen molar-refractivity contribution in [2.75, 3.05) is 19.0 Å². The fourth-order valence-corrected chi connectivity index (χ4v) is 1.78. The van der Waals surface area contributed by atoms with Crippen molar-refractivity contribution in [1.82, 2.24) is 4.90 Å². The lowest BCUT2D eigenvalue weighted by Crippen LogP contribution is -2.50. The van der Waals surface area contributed by atoms with Crippen molar-refractivity contribution in [2.24, 2.45) is 0 Å². The molecule has 1 aliphatic heterocycles. The van der Waals surface area contributed by atoms with Crippen molar-refractivity contribution in [1.29, 1.82) is 0 Å². The highest BCUT2D eigenvalue weighted by Crippen LogP contribution is 2.28. The number of amides is 1. The zero-order chi connectivity index (χ0) is 10.3. The predicted octanol–water partition coefficient (Wildman–Crippen LogP) is 1.55. The molecular formula is C11H14N2O. The van der Waals surface area contributed by atoms with Gasteiger partial charge in [-0.25, -0.2) is 0 Å². The SMILES string of the molecule is CC1N(C)C(=O)c2ccccc2N1C. The largest absolute Gasteiger partial charge is 0.354 e. The van der Waals surface area contributed by atoms with E-state index in [0.29, 0.717) is 0 Å². The molecule has 1 unspecified atom stereocenters. The van der Waals surface area contributed by atoms with Gasteiger partial charge in [-0.1, -0.05) is 12.1 Å². The number of nitrogens with zero attached hydrogens (tertiary/aromatic N) is 2. The second-order valence-electron chi connectivity index (χ2n) is 3.68. The van der Waals surface area contributed by atoms with Gasteiger partial charge in [-0.05, 0) is 19.1 Å². The van der Waals surface area contributed by atoms with Crippen LogP contribution in [0.2, 0.25) is 0 Å². The summed E-state index contributed by atoms with van der Waals surface area (Å²) in [5.41, 5.74) is 1.80. The van der Waals surface area contributed by atoms with Gasteiger partial charge in [0.05, 0.1) is 11.3 Å². The Morgan fingerprint density at radius 2 is 1.79 bits per heavy atom. The van der Waals surface area contributed by atoms with E-state index in [1.54, 1.807) is 4.90 Å². The van der Waals surface area contributed by atoms with E-state index in [-0.39, 0.29) is 12.1 Å². The van der Waals surface area contributed by atoms with Crippen molar-refractivity contribution < 1.29 is 4.79 Å². The van der Waals surface area contributed by atoms with Crippen LogP contribution < -0.4 is 4.90 Å². The second-order valence-corrected chi connectivity index (χ2v) is 3.68. The fourth-order valence-electron chi connectivity index (χ4n) is 1.78. The minimum absolute atomic E-state index is 0.103. The first kappa shape index (κ1) is 9.06. The molecule has 1 atom stereocenters. The number of hydrogen-bond donors (Lipinski definition) is 0. The molecule has 3 heteroatoms. The maximum absolute atomic E-state index is 11.9. The number of fused-ring (bicyclic) bond motifs is 1. The summed E-state index contributed by atoms with van der Waals surface area (Å²) in [6.45, 7) is 2.02. The highest BCUT2D eigenvalue weighted by molar-refractivity contribution is 6.01. The van der Waals surface area contributed by atoms with E-state index in [1.165, 1.54) is 0 Å². The molecule has 0 bridgehead atoms. The molecule has 0 N–H and O–H groups in total. The minimum atomic E-state index is 0.103. The molecule has 1 aromatic rings. The quantitative estimate of drug-likeness (QED) is 0.619. The molecular weight excluding hydrogens is 176 g/mol. The summed E-state index contributed by atoms with van der Waals surface area (Å²) in [6, 6.07) is 7.71. The molecule has 1 aromatic carbocycles. The van der Waals surface area contributed by atoms with Crippen LogP contribution in [0.15, 0.2) is 24.3 Å². The lowest BCUT2D eigenvalue weighted by Gasteiger charge is -2.39.